The molecule has 2 aliphatic heterocycles. The van der Waals surface area contributed by atoms with E-state index in [1.54, 1.807) is 7.11 Å². The second-order valence-corrected chi connectivity index (χ2v) is 6.47. The van der Waals surface area contributed by atoms with Gasteiger partial charge < -0.3 is 24.4 Å². The predicted molar refractivity (Wildman–Crippen MR) is 97.3 cm³/mol. The van der Waals surface area contributed by atoms with Gasteiger partial charge in [0.25, 0.3) is 0 Å². The normalized spacial score (nSPS) is 17.7. The summed E-state index contributed by atoms with van der Waals surface area (Å²) in [7, 11) is 1.67. The molecule has 7 heteroatoms. The average Bonchev–Trinajstić information content (AvgIpc) is 3.08. The Labute approximate surface area is 155 Å². The van der Waals surface area contributed by atoms with Gasteiger partial charge in [0.1, 0.15) is 0 Å². The number of amides is 1. The molecular weight excluding hydrogens is 344 g/mol. The first kappa shape index (κ1) is 19.8. The summed E-state index contributed by atoms with van der Waals surface area (Å²) in [6.45, 7) is 5.72. The quantitative estimate of drug-likeness (QED) is 0.831. The fourth-order valence-electron chi connectivity index (χ4n) is 3.52. The van der Waals surface area contributed by atoms with Crippen LogP contribution in [0.2, 0.25) is 0 Å². The van der Waals surface area contributed by atoms with Crippen molar-refractivity contribution < 1.29 is 19.0 Å². The summed E-state index contributed by atoms with van der Waals surface area (Å²) >= 11 is 0. The molecule has 140 valence electrons. The Hall–Kier alpha value is -1.50. The molecule has 1 aromatic rings. The first-order valence-corrected chi connectivity index (χ1v) is 8.56. The molecule has 0 bridgehead atoms. The Morgan fingerprint density at radius 3 is 2.68 bits per heavy atom. The summed E-state index contributed by atoms with van der Waals surface area (Å²) in [4.78, 5) is 15.2. The van der Waals surface area contributed by atoms with E-state index in [-0.39, 0.29) is 25.1 Å². The number of fused-ring (bicyclic) bond motifs is 1. The Morgan fingerprint density at radius 1 is 1.28 bits per heavy atom. The number of carbonyl (C=O) groups excluding carboxylic acids is 1. The molecule has 0 spiro atoms. The van der Waals surface area contributed by atoms with E-state index in [2.05, 4.69) is 5.32 Å². The van der Waals surface area contributed by atoms with Gasteiger partial charge >= 0.3 is 0 Å². The number of carbonyl (C=O) groups is 1. The zero-order valence-electron chi connectivity index (χ0n) is 14.9. The number of ether oxygens (including phenoxy) is 3. The van der Waals surface area contributed by atoms with Gasteiger partial charge in [0.15, 0.2) is 11.5 Å². The highest BCUT2D eigenvalue weighted by atomic mass is 35.5. The van der Waals surface area contributed by atoms with Gasteiger partial charge in [-0.15, -0.1) is 12.4 Å². The van der Waals surface area contributed by atoms with Crippen molar-refractivity contribution in [1.29, 1.82) is 0 Å². The molecule has 1 N–H and O–H groups in total. The van der Waals surface area contributed by atoms with Crippen LogP contribution < -0.4 is 14.8 Å². The van der Waals surface area contributed by atoms with Gasteiger partial charge in [-0.05, 0) is 50.6 Å². The maximum absolute atomic E-state index is 13.2. The van der Waals surface area contributed by atoms with Crippen LogP contribution in [0.5, 0.6) is 11.5 Å². The highest BCUT2D eigenvalue weighted by molar-refractivity contribution is 5.85. The fraction of sp³-hybridized carbons (Fsp3) is 0.611. The molecule has 3 rings (SSSR count). The number of nitrogens with zero attached hydrogens (tertiary/aromatic N) is 1. The van der Waals surface area contributed by atoms with Crippen LogP contribution in [-0.2, 0) is 16.1 Å². The molecule has 25 heavy (non-hydrogen) atoms. The molecule has 0 aromatic heterocycles. The molecule has 1 fully saturated rings. The van der Waals surface area contributed by atoms with Crippen LogP contribution in [0, 0.1) is 5.41 Å². The molecule has 1 amide bonds. The van der Waals surface area contributed by atoms with Gasteiger partial charge in [0.2, 0.25) is 12.7 Å². The van der Waals surface area contributed by atoms with Crippen LogP contribution in [0.1, 0.15) is 25.3 Å². The Bertz CT molecular complexity index is 585. The van der Waals surface area contributed by atoms with Crippen LogP contribution in [-0.4, -0.2) is 51.0 Å². The SMILES string of the molecule is CCN(Cc1ccc2c(c1)OCO2)C(=O)C1(COC)CCNCC1.Cl. The highest BCUT2D eigenvalue weighted by Gasteiger charge is 2.41. The maximum Gasteiger partial charge on any atom is 0.231 e. The smallest absolute Gasteiger partial charge is 0.231 e. The van der Waals surface area contributed by atoms with Crippen molar-refractivity contribution in [3.63, 3.8) is 0 Å². The van der Waals surface area contributed by atoms with Crippen molar-refractivity contribution in [1.82, 2.24) is 10.2 Å². The van der Waals surface area contributed by atoms with E-state index in [9.17, 15) is 4.79 Å². The summed E-state index contributed by atoms with van der Waals surface area (Å²) in [5.41, 5.74) is 0.641. The Morgan fingerprint density at radius 2 is 2.00 bits per heavy atom. The standard InChI is InChI=1S/C18H26N2O4.ClH/c1-3-20(11-14-4-5-15-16(10-14)24-13-23-15)17(21)18(12-22-2)6-8-19-9-7-18;/h4-5,10,19H,3,6-9,11-13H2,1-2H3;1H. The average molecular weight is 371 g/mol. The largest absolute Gasteiger partial charge is 0.454 e. The number of nitrogens with one attached hydrogen (secondary N) is 1. The van der Waals surface area contributed by atoms with Crippen molar-refractivity contribution in [2.24, 2.45) is 5.41 Å². The Balaban J connectivity index is 0.00000225. The number of hydrogen-bond donors (Lipinski definition) is 1. The number of hydrogen-bond acceptors (Lipinski definition) is 5. The number of halogens is 1. The topological polar surface area (TPSA) is 60.0 Å². The lowest BCUT2D eigenvalue weighted by molar-refractivity contribution is -0.148. The molecule has 1 aromatic carbocycles. The number of rotatable bonds is 6. The minimum Gasteiger partial charge on any atom is -0.454 e. The van der Waals surface area contributed by atoms with E-state index in [4.69, 9.17) is 14.2 Å². The van der Waals surface area contributed by atoms with Crippen molar-refractivity contribution in [3.8, 4) is 11.5 Å². The van der Waals surface area contributed by atoms with Crippen LogP contribution >= 0.6 is 12.4 Å². The van der Waals surface area contributed by atoms with E-state index in [0.29, 0.717) is 19.7 Å². The van der Waals surface area contributed by atoms with E-state index < -0.39 is 5.41 Å². The molecule has 1 saturated heterocycles. The molecule has 0 atom stereocenters. The zero-order valence-corrected chi connectivity index (χ0v) is 15.7. The van der Waals surface area contributed by atoms with Gasteiger partial charge in [-0.25, -0.2) is 0 Å². The van der Waals surface area contributed by atoms with Gasteiger partial charge in [-0.3, -0.25) is 4.79 Å². The second kappa shape index (κ2) is 8.74. The number of benzene rings is 1. The third-order valence-electron chi connectivity index (χ3n) is 4.91. The molecular formula is C18H27ClN2O4. The van der Waals surface area contributed by atoms with E-state index >= 15 is 0 Å². The Kier molecular flexibility index (Phi) is 6.93. The first-order chi connectivity index (χ1) is 11.7. The first-order valence-electron chi connectivity index (χ1n) is 8.56. The van der Waals surface area contributed by atoms with E-state index in [0.717, 1.165) is 43.0 Å². The van der Waals surface area contributed by atoms with Crippen molar-refractivity contribution in [3.05, 3.63) is 23.8 Å². The zero-order chi connectivity index (χ0) is 17.0. The van der Waals surface area contributed by atoms with Gasteiger partial charge in [-0.2, -0.15) is 0 Å². The third-order valence-corrected chi connectivity index (χ3v) is 4.91. The monoisotopic (exact) mass is 370 g/mol. The maximum atomic E-state index is 13.2. The molecule has 2 heterocycles. The summed E-state index contributed by atoms with van der Waals surface area (Å²) in [5.74, 6) is 1.71. The van der Waals surface area contributed by atoms with Crippen molar-refractivity contribution in [2.45, 2.75) is 26.3 Å². The summed E-state index contributed by atoms with van der Waals surface area (Å²) in [6.07, 6.45) is 1.63. The second-order valence-electron chi connectivity index (χ2n) is 6.47. The molecule has 2 aliphatic rings. The van der Waals surface area contributed by atoms with E-state index in [1.165, 1.54) is 0 Å². The lowest BCUT2D eigenvalue weighted by Gasteiger charge is -2.39. The molecule has 0 radical (unpaired) electrons. The number of piperidine rings is 1. The molecule has 0 aliphatic carbocycles. The fourth-order valence-corrected chi connectivity index (χ4v) is 3.52. The molecule has 0 saturated carbocycles. The van der Waals surface area contributed by atoms with Crippen LogP contribution in [0.4, 0.5) is 0 Å². The molecule has 0 unspecified atom stereocenters. The summed E-state index contributed by atoms with van der Waals surface area (Å²) in [5, 5.41) is 3.33. The highest BCUT2D eigenvalue weighted by Crippen LogP contribution is 2.35. The van der Waals surface area contributed by atoms with Crippen molar-refractivity contribution in [2.75, 3.05) is 40.1 Å². The molecule has 6 nitrogen and oxygen atoms in total. The van der Waals surface area contributed by atoms with Gasteiger partial charge in [0, 0.05) is 20.2 Å². The predicted octanol–water partition coefficient (Wildman–Crippen LogP) is 2.20. The van der Waals surface area contributed by atoms with Crippen LogP contribution in [0.15, 0.2) is 18.2 Å². The van der Waals surface area contributed by atoms with E-state index in [1.807, 2.05) is 30.0 Å². The lowest BCUT2D eigenvalue weighted by atomic mass is 9.78. The minimum absolute atomic E-state index is 0. The van der Waals surface area contributed by atoms with Crippen molar-refractivity contribution >= 4 is 18.3 Å². The van der Waals surface area contributed by atoms with Crippen LogP contribution in [0.25, 0.3) is 0 Å². The van der Waals surface area contributed by atoms with Gasteiger partial charge in [-0.1, -0.05) is 6.07 Å². The lowest BCUT2D eigenvalue weighted by Crippen LogP contribution is -2.51. The summed E-state index contributed by atoms with van der Waals surface area (Å²) < 4.78 is 16.2. The minimum atomic E-state index is -0.410. The summed E-state index contributed by atoms with van der Waals surface area (Å²) in [6, 6.07) is 5.87. The number of methoxy groups -OCH3 is 1. The van der Waals surface area contributed by atoms with Gasteiger partial charge in [0.05, 0.1) is 12.0 Å². The van der Waals surface area contributed by atoms with Crippen LogP contribution in [0.3, 0.4) is 0 Å². The third kappa shape index (κ3) is 4.19.